The highest BCUT2D eigenvalue weighted by molar-refractivity contribution is 7.23. The van der Waals surface area contributed by atoms with Crippen LogP contribution in [-0.2, 0) is 25.7 Å². The predicted molar refractivity (Wildman–Crippen MR) is 259 cm³/mol. The molecule has 0 radical (unpaired) electrons. The molecule has 2 heterocycles. The molecule has 11 rings (SSSR count). The van der Waals surface area contributed by atoms with Gasteiger partial charge in [0.1, 0.15) is 0 Å². The van der Waals surface area contributed by atoms with Crippen molar-refractivity contribution in [3.8, 4) is 22.3 Å². The molecule has 0 unspecified atom stereocenters. The highest BCUT2D eigenvalue weighted by Crippen LogP contribution is 2.31. The van der Waals surface area contributed by atoms with E-state index in [9.17, 15) is 0 Å². The van der Waals surface area contributed by atoms with Crippen molar-refractivity contribution < 1.29 is 0 Å². The minimum absolute atomic E-state index is 1.02. The number of aryl methyl sites for hydroxylation is 4. The lowest BCUT2D eigenvalue weighted by atomic mass is 9.98. The topological polar surface area (TPSA) is 0 Å². The third-order valence-corrected chi connectivity index (χ3v) is 23.2. The molecule has 0 atom stereocenters. The van der Waals surface area contributed by atoms with Gasteiger partial charge in [-0.05, 0) is 112 Å². The monoisotopic (exact) mass is 798 g/mol. The maximum absolute atomic E-state index is 2.57. The normalized spacial score (nSPS) is 13.9. The Labute approximate surface area is 356 Å². The summed E-state index contributed by atoms with van der Waals surface area (Å²) in [6.45, 7) is 0. The lowest BCUT2D eigenvalue weighted by Gasteiger charge is -2.31. The van der Waals surface area contributed by atoms with Crippen LogP contribution in [0.2, 0.25) is 0 Å². The van der Waals surface area contributed by atoms with Crippen LogP contribution in [0.25, 0.3) is 22.3 Å². The fourth-order valence-electron chi connectivity index (χ4n) is 10.7. The second kappa shape index (κ2) is 15.2. The minimum Gasteiger partial charge on any atom is -0.0623 e. The van der Waals surface area contributed by atoms with Gasteiger partial charge >= 0.3 is 0 Å². The van der Waals surface area contributed by atoms with Gasteiger partial charge in [-0.2, -0.15) is 0 Å². The number of hydrogen-bond donors (Lipinski definition) is 0. The minimum atomic E-state index is -2.47. The average Bonchev–Trinajstić information content (AvgIpc) is 3.79. The van der Waals surface area contributed by atoms with Crippen molar-refractivity contribution in [3.05, 3.63) is 253 Å². The summed E-state index contributed by atoms with van der Waals surface area (Å²) >= 11 is 0. The van der Waals surface area contributed by atoms with E-state index in [-0.39, 0.29) is 0 Å². The Hall–Kier alpha value is -6.59. The van der Waals surface area contributed by atoms with Gasteiger partial charge in [-0.25, -0.2) is 0 Å². The predicted octanol–water partition coefficient (Wildman–Crippen LogP) is 7.97. The molecule has 0 aliphatic carbocycles. The summed E-state index contributed by atoms with van der Waals surface area (Å²) in [6, 6.07) is 87.8. The standard InChI is InChI=1S/C58H46Si2/c1-5-17-47(18-6-1)59(48-19-7-2-8-20-48)55-27-15-13-25-51(55)53-39-37-45(41-57(53)59)35-33-43-29-31-44(32-30-43)34-36-46-38-40-54-52-26-14-16-28-56(52)60(58(54)42-46,49-21-9-3-10-22-49)50-23-11-4-12-24-50/h1-32,37-42H,33-36H2. The Morgan fingerprint density at radius 2 is 0.483 bits per heavy atom. The summed E-state index contributed by atoms with van der Waals surface area (Å²) in [4.78, 5) is 0. The zero-order valence-corrected chi connectivity index (χ0v) is 35.8. The van der Waals surface area contributed by atoms with Crippen LogP contribution in [0.15, 0.2) is 231 Å². The van der Waals surface area contributed by atoms with Gasteiger partial charge < -0.3 is 0 Å². The van der Waals surface area contributed by atoms with Crippen LogP contribution >= 0.6 is 0 Å². The number of fused-ring (bicyclic) bond motifs is 6. The van der Waals surface area contributed by atoms with Crippen molar-refractivity contribution >= 4 is 57.6 Å². The van der Waals surface area contributed by atoms with E-state index in [2.05, 4.69) is 231 Å². The van der Waals surface area contributed by atoms with Gasteiger partial charge in [0.15, 0.2) is 16.1 Å². The molecule has 0 aromatic heterocycles. The van der Waals surface area contributed by atoms with Crippen LogP contribution < -0.4 is 41.5 Å². The van der Waals surface area contributed by atoms with Crippen LogP contribution in [0.4, 0.5) is 0 Å². The molecule has 0 nitrogen and oxygen atoms in total. The fraction of sp³-hybridized carbons (Fsp3) is 0.0690. The SMILES string of the molecule is c1ccc([Si]2(c3ccccc3)c3ccccc3-c3ccc(CCc4ccc(CCc5ccc6c(c5)[Si](c5ccccc5)(c5ccccc5)c5ccccc5-6)cc4)cc32)cc1. The zero-order chi connectivity index (χ0) is 39.9. The first-order valence-corrected chi connectivity index (χ1v) is 25.5. The molecule has 60 heavy (non-hydrogen) atoms. The van der Waals surface area contributed by atoms with Gasteiger partial charge in [0.05, 0.1) is 0 Å². The summed E-state index contributed by atoms with van der Waals surface area (Å²) in [5, 5.41) is 11.9. The quantitative estimate of drug-likeness (QED) is 0.123. The summed E-state index contributed by atoms with van der Waals surface area (Å²) < 4.78 is 0. The molecule has 0 bridgehead atoms. The zero-order valence-electron chi connectivity index (χ0n) is 33.8. The summed E-state index contributed by atoms with van der Waals surface area (Å²) in [5.74, 6) is 0. The van der Waals surface area contributed by atoms with Crippen LogP contribution in [-0.4, -0.2) is 16.1 Å². The molecular formula is C58H46Si2. The number of rotatable bonds is 10. The fourth-order valence-corrected chi connectivity index (χ4v) is 21.2. The van der Waals surface area contributed by atoms with Gasteiger partial charge in [0.25, 0.3) is 0 Å². The molecule has 2 aliphatic rings. The van der Waals surface area contributed by atoms with Crippen molar-refractivity contribution in [2.75, 3.05) is 0 Å². The largest absolute Gasteiger partial charge is 0.180 e. The van der Waals surface area contributed by atoms with E-state index in [0.717, 1.165) is 25.7 Å². The van der Waals surface area contributed by atoms with E-state index in [1.54, 1.807) is 0 Å². The Balaban J connectivity index is 0.853. The van der Waals surface area contributed by atoms with Crippen LogP contribution in [0.1, 0.15) is 22.3 Å². The van der Waals surface area contributed by atoms with E-state index < -0.39 is 16.1 Å². The van der Waals surface area contributed by atoms with Crippen molar-refractivity contribution in [1.29, 1.82) is 0 Å². The third kappa shape index (κ3) is 5.85. The lowest BCUT2D eigenvalue weighted by Crippen LogP contribution is -2.72. The lowest BCUT2D eigenvalue weighted by molar-refractivity contribution is 0.941. The molecule has 2 heteroatoms. The number of benzene rings is 9. The molecular weight excluding hydrogens is 753 g/mol. The highest BCUT2D eigenvalue weighted by Gasteiger charge is 2.49. The molecule has 0 spiro atoms. The first-order valence-electron chi connectivity index (χ1n) is 21.5. The third-order valence-electron chi connectivity index (χ3n) is 13.5. The van der Waals surface area contributed by atoms with Gasteiger partial charge in [0.2, 0.25) is 0 Å². The molecule has 0 saturated carbocycles. The molecule has 0 amide bonds. The van der Waals surface area contributed by atoms with E-state index in [0.29, 0.717) is 0 Å². The Bertz CT molecular complexity index is 2670. The Morgan fingerprint density at radius 3 is 0.833 bits per heavy atom. The molecule has 286 valence electrons. The van der Waals surface area contributed by atoms with Crippen LogP contribution in [0.3, 0.4) is 0 Å². The maximum Gasteiger partial charge on any atom is 0.180 e. The first kappa shape index (κ1) is 36.5. The second-order valence-corrected chi connectivity index (χ2v) is 24.1. The van der Waals surface area contributed by atoms with Crippen molar-refractivity contribution in [2.24, 2.45) is 0 Å². The summed E-state index contributed by atoms with van der Waals surface area (Å²) in [5.41, 5.74) is 11.2. The van der Waals surface area contributed by atoms with Crippen molar-refractivity contribution in [1.82, 2.24) is 0 Å². The second-order valence-electron chi connectivity index (χ2n) is 16.6. The van der Waals surface area contributed by atoms with E-state index >= 15 is 0 Å². The van der Waals surface area contributed by atoms with Gasteiger partial charge in [-0.3, -0.25) is 0 Å². The van der Waals surface area contributed by atoms with Gasteiger partial charge in [-0.1, -0.05) is 231 Å². The Kier molecular flexibility index (Phi) is 9.26. The van der Waals surface area contributed by atoms with Crippen molar-refractivity contribution in [3.63, 3.8) is 0 Å². The van der Waals surface area contributed by atoms with Gasteiger partial charge in [-0.15, -0.1) is 0 Å². The molecule has 0 saturated heterocycles. The molecule has 2 aliphatic heterocycles. The van der Waals surface area contributed by atoms with Crippen molar-refractivity contribution in [2.45, 2.75) is 25.7 Å². The first-order chi connectivity index (χ1) is 29.7. The van der Waals surface area contributed by atoms with E-state index in [1.165, 1.54) is 86.0 Å². The number of hydrogen-bond acceptors (Lipinski definition) is 0. The van der Waals surface area contributed by atoms with Gasteiger partial charge in [0, 0.05) is 0 Å². The molecule has 0 N–H and O–H groups in total. The van der Waals surface area contributed by atoms with E-state index in [1.807, 2.05) is 0 Å². The van der Waals surface area contributed by atoms with Crippen LogP contribution in [0.5, 0.6) is 0 Å². The molecule has 9 aromatic carbocycles. The van der Waals surface area contributed by atoms with Crippen LogP contribution in [0, 0.1) is 0 Å². The van der Waals surface area contributed by atoms with E-state index in [4.69, 9.17) is 0 Å². The Morgan fingerprint density at radius 1 is 0.217 bits per heavy atom. The maximum atomic E-state index is 2.57. The molecule has 9 aromatic rings. The average molecular weight is 799 g/mol. The summed E-state index contributed by atoms with van der Waals surface area (Å²) in [6.07, 6.45) is 4.08. The smallest absolute Gasteiger partial charge is 0.0623 e. The summed E-state index contributed by atoms with van der Waals surface area (Å²) in [7, 11) is -4.95. The molecule has 0 fully saturated rings. The highest BCUT2D eigenvalue weighted by atomic mass is 28.3.